The van der Waals surface area contributed by atoms with Gasteiger partial charge in [0.1, 0.15) is 5.52 Å². The van der Waals surface area contributed by atoms with E-state index in [0.29, 0.717) is 21.8 Å². The minimum absolute atomic E-state index is 0.165. The van der Waals surface area contributed by atoms with Crippen LogP contribution in [0.25, 0.3) is 21.8 Å². The second kappa shape index (κ2) is 4.84. The zero-order chi connectivity index (χ0) is 16.0. The van der Waals surface area contributed by atoms with Gasteiger partial charge in [0.25, 0.3) is 5.56 Å². The molecule has 0 fully saturated rings. The maximum Gasteiger partial charge on any atom is 0.301 e. The Balaban J connectivity index is 2.01. The minimum Gasteiger partial charge on any atom is -0.267 e. The van der Waals surface area contributed by atoms with Crippen molar-refractivity contribution in [1.82, 2.24) is 24.8 Å². The summed E-state index contributed by atoms with van der Waals surface area (Å²) in [4.78, 5) is 25.0. The molecule has 0 amide bonds. The minimum atomic E-state index is -0.425. The highest BCUT2D eigenvalue weighted by atomic mass is 16.2. The molecule has 0 atom stereocenters. The highest BCUT2D eigenvalue weighted by molar-refractivity contribution is 6.07. The van der Waals surface area contributed by atoms with Crippen LogP contribution in [-0.4, -0.2) is 30.7 Å². The van der Waals surface area contributed by atoms with Gasteiger partial charge in [-0.2, -0.15) is 9.78 Å². The summed E-state index contributed by atoms with van der Waals surface area (Å²) in [6.45, 7) is 0. The summed E-state index contributed by atoms with van der Waals surface area (Å²) in [7, 11) is 1.52. The van der Waals surface area contributed by atoms with E-state index in [0.717, 1.165) is 4.68 Å². The summed E-state index contributed by atoms with van der Waals surface area (Å²) in [5.41, 5.74) is 1.13. The van der Waals surface area contributed by atoms with Crippen LogP contribution in [0.2, 0.25) is 0 Å². The second-order valence-corrected chi connectivity index (χ2v) is 5.12. The molecule has 4 aromatic rings. The van der Waals surface area contributed by atoms with Crippen molar-refractivity contribution < 1.29 is 4.79 Å². The lowest BCUT2D eigenvalue weighted by atomic mass is 10.1. The van der Waals surface area contributed by atoms with Crippen molar-refractivity contribution in [2.75, 3.05) is 0 Å². The van der Waals surface area contributed by atoms with Gasteiger partial charge in [-0.25, -0.2) is 4.68 Å². The monoisotopic (exact) mass is 305 g/mol. The van der Waals surface area contributed by atoms with Gasteiger partial charge >= 0.3 is 5.91 Å². The number of benzene rings is 2. The number of aromatic nitrogens is 5. The number of para-hydroxylation sites is 1. The first-order chi connectivity index (χ1) is 11.2. The first-order valence-corrected chi connectivity index (χ1v) is 6.98. The highest BCUT2D eigenvalue weighted by Gasteiger charge is 2.20. The third kappa shape index (κ3) is 1.94. The van der Waals surface area contributed by atoms with Gasteiger partial charge in [0.15, 0.2) is 5.69 Å². The Labute approximate surface area is 129 Å². The molecule has 0 spiro atoms. The van der Waals surface area contributed by atoms with Crippen LogP contribution in [0, 0.1) is 0 Å². The number of hydrogen-bond acceptors (Lipinski definition) is 5. The van der Waals surface area contributed by atoms with Crippen LogP contribution in [0.3, 0.4) is 0 Å². The Morgan fingerprint density at radius 3 is 2.52 bits per heavy atom. The zero-order valence-electron chi connectivity index (χ0n) is 12.2. The number of aryl methyl sites for hydroxylation is 1. The molecule has 0 saturated carbocycles. The third-order valence-corrected chi connectivity index (χ3v) is 3.70. The summed E-state index contributed by atoms with van der Waals surface area (Å²) in [5, 5.41) is 13.0. The SMILES string of the molecule is Cn1nc(C(=O)n2nnc3ccccc32)c2ccccc2c1=O. The second-order valence-electron chi connectivity index (χ2n) is 5.12. The molecule has 2 aromatic heterocycles. The van der Waals surface area contributed by atoms with E-state index < -0.39 is 5.91 Å². The van der Waals surface area contributed by atoms with E-state index in [1.165, 1.54) is 11.7 Å². The summed E-state index contributed by atoms with van der Waals surface area (Å²) in [5.74, 6) is -0.425. The molecular formula is C16H11N5O2. The van der Waals surface area contributed by atoms with Gasteiger partial charge in [0.05, 0.1) is 10.9 Å². The first-order valence-electron chi connectivity index (χ1n) is 6.98. The Kier molecular flexibility index (Phi) is 2.80. The van der Waals surface area contributed by atoms with Gasteiger partial charge in [-0.05, 0) is 18.2 Å². The van der Waals surface area contributed by atoms with Crippen LogP contribution in [0.4, 0.5) is 0 Å². The van der Waals surface area contributed by atoms with Gasteiger partial charge in [-0.15, -0.1) is 5.10 Å². The number of carbonyl (C=O) groups is 1. The maximum atomic E-state index is 12.9. The molecule has 0 unspecified atom stereocenters. The predicted octanol–water partition coefficient (Wildman–Crippen LogP) is 1.37. The molecule has 0 N–H and O–H groups in total. The van der Waals surface area contributed by atoms with E-state index in [4.69, 9.17) is 0 Å². The van der Waals surface area contributed by atoms with Gasteiger partial charge in [-0.1, -0.05) is 35.5 Å². The van der Waals surface area contributed by atoms with Crippen molar-refractivity contribution >= 4 is 27.7 Å². The van der Waals surface area contributed by atoms with E-state index in [1.54, 1.807) is 36.4 Å². The van der Waals surface area contributed by atoms with Crippen LogP contribution in [0.1, 0.15) is 10.5 Å². The smallest absolute Gasteiger partial charge is 0.267 e. The van der Waals surface area contributed by atoms with Crippen molar-refractivity contribution in [3.8, 4) is 0 Å². The summed E-state index contributed by atoms with van der Waals surface area (Å²) >= 11 is 0. The quantitative estimate of drug-likeness (QED) is 0.530. The molecular weight excluding hydrogens is 294 g/mol. The molecule has 23 heavy (non-hydrogen) atoms. The van der Waals surface area contributed by atoms with E-state index in [-0.39, 0.29) is 11.3 Å². The van der Waals surface area contributed by atoms with Gasteiger partial charge in [0, 0.05) is 12.4 Å². The third-order valence-electron chi connectivity index (χ3n) is 3.70. The molecule has 0 aliphatic carbocycles. The van der Waals surface area contributed by atoms with Gasteiger partial charge in [-0.3, -0.25) is 9.59 Å². The maximum absolute atomic E-state index is 12.9. The lowest BCUT2D eigenvalue weighted by molar-refractivity contribution is 0.0943. The van der Waals surface area contributed by atoms with Gasteiger partial charge < -0.3 is 0 Å². The van der Waals surface area contributed by atoms with Crippen molar-refractivity contribution in [2.24, 2.45) is 7.05 Å². The summed E-state index contributed by atoms with van der Waals surface area (Å²) in [6.07, 6.45) is 0. The molecule has 0 radical (unpaired) electrons. The Morgan fingerprint density at radius 2 is 1.70 bits per heavy atom. The number of rotatable bonds is 1. The van der Waals surface area contributed by atoms with Crippen molar-refractivity contribution in [3.63, 3.8) is 0 Å². The normalized spacial score (nSPS) is 11.2. The molecule has 7 heteroatoms. The molecule has 112 valence electrons. The van der Waals surface area contributed by atoms with Crippen molar-refractivity contribution in [2.45, 2.75) is 0 Å². The van der Waals surface area contributed by atoms with Crippen LogP contribution in [-0.2, 0) is 7.05 Å². The fourth-order valence-electron chi connectivity index (χ4n) is 2.58. The molecule has 2 heterocycles. The lowest BCUT2D eigenvalue weighted by Gasteiger charge is -2.07. The van der Waals surface area contributed by atoms with Crippen LogP contribution in [0.5, 0.6) is 0 Å². The molecule has 0 bridgehead atoms. The topological polar surface area (TPSA) is 82.7 Å². The summed E-state index contributed by atoms with van der Waals surface area (Å²) in [6, 6.07) is 14.1. The molecule has 2 aromatic carbocycles. The van der Waals surface area contributed by atoms with Crippen molar-refractivity contribution in [3.05, 3.63) is 64.6 Å². The fraction of sp³-hybridized carbons (Fsp3) is 0.0625. The van der Waals surface area contributed by atoms with E-state index in [9.17, 15) is 9.59 Å². The largest absolute Gasteiger partial charge is 0.301 e. The van der Waals surface area contributed by atoms with E-state index in [2.05, 4.69) is 15.4 Å². The van der Waals surface area contributed by atoms with E-state index >= 15 is 0 Å². The fourth-order valence-corrected chi connectivity index (χ4v) is 2.58. The number of fused-ring (bicyclic) bond motifs is 2. The average Bonchev–Trinajstić information content (AvgIpc) is 3.01. The Hall–Kier alpha value is -3.35. The first kappa shape index (κ1) is 13.3. The average molecular weight is 305 g/mol. The Morgan fingerprint density at radius 1 is 1.00 bits per heavy atom. The molecule has 0 aliphatic heterocycles. The van der Waals surface area contributed by atoms with Crippen LogP contribution < -0.4 is 5.56 Å². The number of carbonyl (C=O) groups excluding carboxylic acids is 1. The molecule has 0 saturated heterocycles. The highest BCUT2D eigenvalue weighted by Crippen LogP contribution is 2.16. The molecule has 7 nitrogen and oxygen atoms in total. The number of nitrogens with zero attached hydrogens (tertiary/aromatic N) is 5. The van der Waals surface area contributed by atoms with E-state index in [1.807, 2.05) is 12.1 Å². The predicted molar refractivity (Wildman–Crippen MR) is 84.2 cm³/mol. The van der Waals surface area contributed by atoms with Gasteiger partial charge in [0.2, 0.25) is 0 Å². The molecule has 0 aliphatic rings. The standard InChI is InChI=1S/C16H11N5O2/c1-20-15(22)11-7-3-2-6-10(11)14(18-20)16(23)21-13-9-5-4-8-12(13)17-19-21/h2-9H,1H3. The number of hydrogen-bond donors (Lipinski definition) is 0. The molecule has 4 rings (SSSR count). The van der Waals surface area contributed by atoms with Crippen LogP contribution >= 0.6 is 0 Å². The Bertz CT molecular complexity index is 1130. The summed E-state index contributed by atoms with van der Waals surface area (Å²) < 4.78 is 2.36. The lowest BCUT2D eigenvalue weighted by Crippen LogP contribution is -2.25. The zero-order valence-corrected chi connectivity index (χ0v) is 12.2. The van der Waals surface area contributed by atoms with Crippen LogP contribution in [0.15, 0.2) is 53.3 Å². The van der Waals surface area contributed by atoms with Crippen molar-refractivity contribution in [1.29, 1.82) is 0 Å².